The number of ether oxygens (including phenoxy) is 3. The first-order valence-electron chi connectivity index (χ1n) is 12.1. The minimum Gasteiger partial charge on any atom is -0.486 e. The van der Waals surface area contributed by atoms with Gasteiger partial charge in [0, 0.05) is 34.8 Å². The van der Waals surface area contributed by atoms with Crippen LogP contribution in [0.15, 0.2) is 53.2 Å². The highest BCUT2D eigenvalue weighted by atomic mass is 32.1. The van der Waals surface area contributed by atoms with Gasteiger partial charge in [-0.05, 0) is 65.7 Å². The second-order valence-electron chi connectivity index (χ2n) is 8.77. The number of thiophene rings is 1. The van der Waals surface area contributed by atoms with Crippen LogP contribution in [-0.2, 0) is 30.5 Å². The first-order chi connectivity index (χ1) is 18.2. The van der Waals surface area contributed by atoms with Crippen LogP contribution in [0.2, 0.25) is 0 Å². The van der Waals surface area contributed by atoms with Crippen LogP contribution >= 0.6 is 11.3 Å². The Balaban J connectivity index is 1.44. The van der Waals surface area contributed by atoms with E-state index in [9.17, 15) is 4.79 Å². The SMILES string of the molecule is COC(=O)c1ccc2c(c1)c(CCc1ccc3c(c1)OCCO3)c(-c1ccsc1)n2CCc1nn[nH]n1. The number of aryl methyl sites for hydroxylation is 4. The van der Waals surface area contributed by atoms with Crippen molar-refractivity contribution in [2.24, 2.45) is 0 Å². The lowest BCUT2D eigenvalue weighted by Gasteiger charge is -2.19. The summed E-state index contributed by atoms with van der Waals surface area (Å²) in [6.45, 7) is 1.80. The van der Waals surface area contributed by atoms with Gasteiger partial charge in [-0.25, -0.2) is 4.79 Å². The number of tetrazole rings is 1. The minimum absolute atomic E-state index is 0.351. The maximum atomic E-state index is 12.4. The van der Waals surface area contributed by atoms with E-state index in [1.54, 1.807) is 11.3 Å². The molecule has 188 valence electrons. The van der Waals surface area contributed by atoms with Crippen molar-refractivity contribution in [3.8, 4) is 22.8 Å². The van der Waals surface area contributed by atoms with E-state index in [1.807, 2.05) is 24.3 Å². The van der Waals surface area contributed by atoms with Crippen LogP contribution in [0.4, 0.5) is 0 Å². The van der Waals surface area contributed by atoms with Gasteiger partial charge in [0.05, 0.1) is 18.4 Å². The quantitative estimate of drug-likeness (QED) is 0.304. The number of carbonyl (C=O) groups excluding carboxylic acids is 1. The molecule has 1 aliphatic rings. The third-order valence-corrected chi connectivity index (χ3v) is 7.29. The molecule has 0 bridgehead atoms. The molecule has 0 fully saturated rings. The lowest BCUT2D eigenvalue weighted by Crippen LogP contribution is -2.15. The Morgan fingerprint density at radius 2 is 1.97 bits per heavy atom. The first-order valence-corrected chi connectivity index (χ1v) is 13.0. The molecule has 1 N–H and O–H groups in total. The highest BCUT2D eigenvalue weighted by Crippen LogP contribution is 2.37. The summed E-state index contributed by atoms with van der Waals surface area (Å²) in [5.41, 5.74) is 6.21. The van der Waals surface area contributed by atoms with E-state index in [4.69, 9.17) is 14.2 Å². The molecule has 5 aromatic rings. The van der Waals surface area contributed by atoms with Gasteiger partial charge in [0.25, 0.3) is 0 Å². The van der Waals surface area contributed by atoms with Crippen LogP contribution in [0, 0.1) is 0 Å². The number of hydrogen-bond donors (Lipinski definition) is 1. The topological polar surface area (TPSA) is 104 Å². The Kier molecular flexibility index (Phi) is 6.32. The van der Waals surface area contributed by atoms with Crippen molar-refractivity contribution in [3.05, 3.63) is 75.7 Å². The van der Waals surface area contributed by atoms with E-state index in [1.165, 1.54) is 12.7 Å². The van der Waals surface area contributed by atoms with Crippen LogP contribution in [0.5, 0.6) is 11.5 Å². The van der Waals surface area contributed by atoms with E-state index in [0.717, 1.165) is 52.1 Å². The molecule has 0 spiro atoms. The summed E-state index contributed by atoms with van der Waals surface area (Å²) in [7, 11) is 1.40. The molecule has 6 rings (SSSR count). The molecule has 4 heterocycles. The van der Waals surface area contributed by atoms with Crippen molar-refractivity contribution in [1.29, 1.82) is 0 Å². The number of esters is 1. The van der Waals surface area contributed by atoms with Crippen LogP contribution in [-0.4, -0.2) is 51.5 Å². The Morgan fingerprint density at radius 1 is 1.08 bits per heavy atom. The normalized spacial score (nSPS) is 12.7. The second kappa shape index (κ2) is 10.1. The number of benzene rings is 2. The average Bonchev–Trinajstić information content (AvgIpc) is 3.71. The van der Waals surface area contributed by atoms with E-state index >= 15 is 0 Å². The number of rotatable bonds is 8. The summed E-state index contributed by atoms with van der Waals surface area (Å²) in [5, 5.41) is 19.8. The average molecular weight is 516 g/mol. The van der Waals surface area contributed by atoms with Crippen LogP contribution < -0.4 is 9.47 Å². The largest absolute Gasteiger partial charge is 0.486 e. The van der Waals surface area contributed by atoms with Gasteiger partial charge in [-0.3, -0.25) is 0 Å². The zero-order valence-electron chi connectivity index (χ0n) is 20.3. The summed E-state index contributed by atoms with van der Waals surface area (Å²) in [5.74, 6) is 1.88. The molecule has 0 atom stereocenters. The third-order valence-electron chi connectivity index (χ3n) is 6.60. The van der Waals surface area contributed by atoms with Crippen molar-refractivity contribution < 1.29 is 19.0 Å². The monoisotopic (exact) mass is 515 g/mol. The molecule has 2 aromatic carbocycles. The van der Waals surface area contributed by atoms with Gasteiger partial charge in [-0.1, -0.05) is 11.3 Å². The Morgan fingerprint density at radius 3 is 2.76 bits per heavy atom. The van der Waals surface area contributed by atoms with Gasteiger partial charge in [-0.2, -0.15) is 16.6 Å². The number of H-pyrrole nitrogens is 1. The standard InChI is InChI=1S/C27H25N5O4S/c1-34-27(33)18-4-6-22-21(15-18)20(5-2-17-3-7-23-24(14-17)36-12-11-35-23)26(19-9-13-37-16-19)32(22)10-8-25-28-30-31-29-25/h3-4,6-7,9,13-16H,2,5,8,10-12H2,1H3,(H,28,29,30,31). The van der Waals surface area contributed by atoms with Crippen molar-refractivity contribution in [1.82, 2.24) is 25.2 Å². The minimum atomic E-state index is -0.351. The number of nitrogens with zero attached hydrogens (tertiary/aromatic N) is 4. The summed E-state index contributed by atoms with van der Waals surface area (Å²) in [4.78, 5) is 12.4. The molecule has 0 aliphatic carbocycles. The van der Waals surface area contributed by atoms with Crippen molar-refractivity contribution in [2.45, 2.75) is 25.8 Å². The summed E-state index contributed by atoms with van der Waals surface area (Å²) in [6.07, 6.45) is 2.21. The predicted octanol–water partition coefficient (Wildman–Crippen LogP) is 4.47. The fraction of sp³-hybridized carbons (Fsp3) is 0.259. The number of aromatic amines is 1. The molecule has 37 heavy (non-hydrogen) atoms. The molecule has 1 aliphatic heterocycles. The second-order valence-corrected chi connectivity index (χ2v) is 9.55. The van der Waals surface area contributed by atoms with Gasteiger partial charge >= 0.3 is 5.97 Å². The van der Waals surface area contributed by atoms with E-state index in [-0.39, 0.29) is 5.97 Å². The molecule has 0 radical (unpaired) electrons. The van der Waals surface area contributed by atoms with Crippen LogP contribution in [0.25, 0.3) is 22.2 Å². The number of methoxy groups -OCH3 is 1. The number of nitrogens with one attached hydrogen (secondary N) is 1. The fourth-order valence-electron chi connectivity index (χ4n) is 4.90. The molecule has 0 unspecified atom stereocenters. The molecule has 0 saturated heterocycles. The summed E-state index contributed by atoms with van der Waals surface area (Å²) in [6, 6.07) is 14.0. The van der Waals surface area contributed by atoms with E-state index in [2.05, 4.69) is 54.2 Å². The number of hydrogen-bond acceptors (Lipinski definition) is 8. The maximum absolute atomic E-state index is 12.4. The third kappa shape index (κ3) is 4.55. The summed E-state index contributed by atoms with van der Waals surface area (Å²) < 4.78 is 18.8. The highest BCUT2D eigenvalue weighted by molar-refractivity contribution is 7.08. The van der Waals surface area contributed by atoms with Gasteiger partial charge in [0.1, 0.15) is 13.2 Å². The van der Waals surface area contributed by atoms with Gasteiger partial charge in [0.15, 0.2) is 17.3 Å². The molecule has 9 nitrogen and oxygen atoms in total. The molecular weight excluding hydrogens is 490 g/mol. The molecule has 0 amide bonds. The fourth-order valence-corrected chi connectivity index (χ4v) is 5.54. The molecule has 3 aromatic heterocycles. The lowest BCUT2D eigenvalue weighted by atomic mass is 9.98. The zero-order valence-corrected chi connectivity index (χ0v) is 21.1. The Hall–Kier alpha value is -4.18. The summed E-state index contributed by atoms with van der Waals surface area (Å²) >= 11 is 1.66. The Bertz CT molecular complexity index is 1540. The smallest absolute Gasteiger partial charge is 0.337 e. The Labute approximate surface area is 217 Å². The first kappa shape index (κ1) is 23.2. The van der Waals surface area contributed by atoms with Gasteiger partial charge in [-0.15, -0.1) is 10.2 Å². The van der Waals surface area contributed by atoms with Gasteiger partial charge in [0.2, 0.25) is 0 Å². The van der Waals surface area contributed by atoms with Crippen molar-refractivity contribution in [2.75, 3.05) is 20.3 Å². The molecular formula is C27H25N5O4S. The van der Waals surface area contributed by atoms with Crippen molar-refractivity contribution >= 4 is 28.2 Å². The van der Waals surface area contributed by atoms with Crippen LogP contribution in [0.1, 0.15) is 27.3 Å². The van der Waals surface area contributed by atoms with E-state index in [0.29, 0.717) is 37.6 Å². The predicted molar refractivity (Wildman–Crippen MR) is 139 cm³/mol. The number of aromatic nitrogens is 5. The maximum Gasteiger partial charge on any atom is 0.337 e. The highest BCUT2D eigenvalue weighted by Gasteiger charge is 2.21. The molecule has 0 saturated carbocycles. The van der Waals surface area contributed by atoms with E-state index < -0.39 is 0 Å². The zero-order chi connectivity index (χ0) is 25.2. The lowest BCUT2D eigenvalue weighted by molar-refractivity contribution is 0.0601. The molecule has 10 heteroatoms. The number of fused-ring (bicyclic) bond motifs is 2. The van der Waals surface area contributed by atoms with Crippen LogP contribution in [0.3, 0.4) is 0 Å². The van der Waals surface area contributed by atoms with Crippen molar-refractivity contribution in [3.63, 3.8) is 0 Å². The van der Waals surface area contributed by atoms with Gasteiger partial charge < -0.3 is 18.8 Å². The number of carbonyl (C=O) groups is 1.